The Morgan fingerprint density at radius 3 is 2.39 bits per heavy atom. The van der Waals surface area contributed by atoms with Crippen molar-refractivity contribution in [3.05, 3.63) is 41.5 Å². The monoisotopic (exact) mass is 286 g/mol. The van der Waals surface area contributed by atoms with Crippen LogP contribution in [0.3, 0.4) is 0 Å². The van der Waals surface area contributed by atoms with Crippen molar-refractivity contribution in [1.82, 2.24) is 0 Å². The van der Waals surface area contributed by atoms with Crippen LogP contribution in [0, 0.1) is 5.82 Å². The summed E-state index contributed by atoms with van der Waals surface area (Å²) < 4.78 is 38.5. The fourth-order valence-corrected chi connectivity index (χ4v) is 3.83. The maximum atomic E-state index is 12.8. The molecule has 1 heterocycles. The van der Waals surface area contributed by atoms with Crippen LogP contribution in [0.4, 0.5) is 15.8 Å². The van der Waals surface area contributed by atoms with Crippen molar-refractivity contribution in [2.24, 2.45) is 0 Å². The minimum atomic E-state index is -3.63. The van der Waals surface area contributed by atoms with E-state index in [4.69, 9.17) is 5.73 Å². The van der Waals surface area contributed by atoms with E-state index in [1.54, 1.807) is 5.38 Å². The first-order chi connectivity index (χ1) is 8.41. The first-order valence-electron chi connectivity index (χ1n) is 5.00. The predicted molar refractivity (Wildman–Crippen MR) is 70.7 cm³/mol. The van der Waals surface area contributed by atoms with Crippen molar-refractivity contribution < 1.29 is 12.8 Å². The third kappa shape index (κ3) is 2.32. The minimum absolute atomic E-state index is 0.159. The highest BCUT2D eigenvalue weighted by Crippen LogP contribution is 2.27. The number of benzene rings is 1. The fraction of sp³-hybridized carbons (Fsp3) is 0.0909. The van der Waals surface area contributed by atoms with Crippen molar-refractivity contribution in [3.63, 3.8) is 0 Å². The quantitative estimate of drug-likeness (QED) is 0.941. The minimum Gasteiger partial charge on any atom is -0.398 e. The molecular formula is C11H11FN2O2S2. The lowest BCUT2D eigenvalue weighted by Gasteiger charge is -2.18. The highest BCUT2D eigenvalue weighted by atomic mass is 32.2. The number of sulfonamides is 1. The van der Waals surface area contributed by atoms with Crippen molar-refractivity contribution in [2.45, 2.75) is 4.21 Å². The van der Waals surface area contributed by atoms with Crippen LogP contribution in [0.1, 0.15) is 0 Å². The van der Waals surface area contributed by atoms with Gasteiger partial charge < -0.3 is 5.73 Å². The second-order valence-corrected chi connectivity index (χ2v) is 6.76. The summed E-state index contributed by atoms with van der Waals surface area (Å²) in [5.41, 5.74) is 6.31. The molecule has 96 valence electrons. The molecule has 4 nitrogen and oxygen atoms in total. The molecule has 0 aliphatic heterocycles. The Hall–Kier alpha value is -1.60. The maximum absolute atomic E-state index is 12.8. The molecule has 18 heavy (non-hydrogen) atoms. The van der Waals surface area contributed by atoms with Crippen LogP contribution in [0.25, 0.3) is 0 Å². The molecule has 0 atom stereocenters. The molecule has 0 aliphatic rings. The zero-order valence-electron chi connectivity index (χ0n) is 9.50. The number of halogens is 1. The van der Waals surface area contributed by atoms with Gasteiger partial charge in [0.2, 0.25) is 0 Å². The van der Waals surface area contributed by atoms with Gasteiger partial charge in [-0.15, -0.1) is 11.3 Å². The van der Waals surface area contributed by atoms with Gasteiger partial charge in [-0.1, -0.05) is 0 Å². The molecule has 0 aliphatic carbocycles. The van der Waals surface area contributed by atoms with Gasteiger partial charge >= 0.3 is 0 Å². The summed E-state index contributed by atoms with van der Waals surface area (Å²) in [5, 5.41) is 1.56. The van der Waals surface area contributed by atoms with E-state index in [1.165, 1.54) is 37.4 Å². The van der Waals surface area contributed by atoms with Crippen LogP contribution in [-0.4, -0.2) is 15.5 Å². The predicted octanol–water partition coefficient (Wildman–Crippen LogP) is 2.29. The number of rotatable bonds is 3. The van der Waals surface area contributed by atoms with Crippen LogP contribution >= 0.6 is 11.3 Å². The molecule has 2 aromatic rings. The Kier molecular flexibility index (Phi) is 3.27. The molecule has 0 saturated heterocycles. The Bertz CT molecular complexity index is 650. The molecule has 2 rings (SSSR count). The maximum Gasteiger partial charge on any atom is 0.273 e. The van der Waals surface area contributed by atoms with Crippen LogP contribution in [0.5, 0.6) is 0 Å². The molecular weight excluding hydrogens is 275 g/mol. The third-order valence-electron chi connectivity index (χ3n) is 2.40. The van der Waals surface area contributed by atoms with Gasteiger partial charge in [-0.2, -0.15) is 0 Å². The molecule has 0 unspecified atom stereocenters. The van der Waals surface area contributed by atoms with Crippen molar-refractivity contribution >= 4 is 32.7 Å². The van der Waals surface area contributed by atoms with Crippen LogP contribution in [0.2, 0.25) is 0 Å². The number of nitrogens with two attached hydrogens (primary N) is 1. The SMILES string of the molecule is CN(c1ccc(F)cc1)S(=O)(=O)c1cc(N)cs1. The third-order valence-corrected chi connectivity index (χ3v) is 5.62. The van der Waals surface area contributed by atoms with Gasteiger partial charge in [-0.3, -0.25) is 4.31 Å². The summed E-state index contributed by atoms with van der Waals surface area (Å²) in [5.74, 6) is -0.412. The first-order valence-corrected chi connectivity index (χ1v) is 7.32. The normalized spacial score (nSPS) is 11.4. The molecule has 0 fully saturated rings. The van der Waals surface area contributed by atoms with E-state index in [9.17, 15) is 12.8 Å². The van der Waals surface area contributed by atoms with E-state index in [0.717, 1.165) is 15.6 Å². The van der Waals surface area contributed by atoms with Gasteiger partial charge in [0.25, 0.3) is 10.0 Å². The molecule has 7 heteroatoms. The standard InChI is InChI=1S/C11H11FN2O2S2/c1-14(10-4-2-8(12)3-5-10)18(15,16)11-6-9(13)7-17-11/h2-7H,13H2,1H3. The van der Waals surface area contributed by atoms with E-state index in [0.29, 0.717) is 11.4 Å². The largest absolute Gasteiger partial charge is 0.398 e. The van der Waals surface area contributed by atoms with Crippen LogP contribution in [-0.2, 0) is 10.0 Å². The van der Waals surface area contributed by atoms with E-state index in [-0.39, 0.29) is 4.21 Å². The zero-order chi connectivity index (χ0) is 13.3. The van der Waals surface area contributed by atoms with Crippen molar-refractivity contribution in [1.29, 1.82) is 0 Å². The average Bonchev–Trinajstić information content (AvgIpc) is 2.76. The number of hydrogen-bond donors (Lipinski definition) is 1. The molecule has 1 aromatic heterocycles. The summed E-state index contributed by atoms with van der Waals surface area (Å²) in [6, 6.07) is 6.64. The summed E-state index contributed by atoms with van der Waals surface area (Å²) in [4.78, 5) is 0. The number of nitrogen functional groups attached to an aromatic ring is 1. The number of nitrogens with zero attached hydrogens (tertiary/aromatic N) is 1. The number of anilines is 2. The lowest BCUT2D eigenvalue weighted by atomic mass is 10.3. The first kappa shape index (κ1) is 12.8. The number of thiophene rings is 1. The van der Waals surface area contributed by atoms with Gasteiger partial charge in [0.15, 0.2) is 0 Å². The second kappa shape index (κ2) is 4.58. The van der Waals surface area contributed by atoms with E-state index < -0.39 is 15.8 Å². The molecule has 0 bridgehead atoms. The average molecular weight is 286 g/mol. The summed E-state index contributed by atoms with van der Waals surface area (Å²) in [7, 11) is -2.22. The van der Waals surface area contributed by atoms with Crippen LogP contribution < -0.4 is 10.0 Å². The van der Waals surface area contributed by atoms with Crippen LogP contribution in [0.15, 0.2) is 39.9 Å². The van der Waals surface area contributed by atoms with Gasteiger partial charge in [0.05, 0.1) is 5.69 Å². The van der Waals surface area contributed by atoms with Gasteiger partial charge in [-0.05, 0) is 30.3 Å². The van der Waals surface area contributed by atoms with Gasteiger partial charge in [-0.25, -0.2) is 12.8 Å². The fourth-order valence-electron chi connectivity index (χ4n) is 1.39. The lowest BCUT2D eigenvalue weighted by Crippen LogP contribution is -2.25. The van der Waals surface area contributed by atoms with E-state index in [2.05, 4.69) is 0 Å². The molecule has 1 aromatic carbocycles. The molecule has 0 saturated carbocycles. The Labute approximate surface area is 109 Å². The summed E-state index contributed by atoms with van der Waals surface area (Å²) in [6.45, 7) is 0. The lowest BCUT2D eigenvalue weighted by molar-refractivity contribution is 0.596. The molecule has 0 spiro atoms. The number of hydrogen-bond acceptors (Lipinski definition) is 4. The van der Waals surface area contributed by atoms with Crippen molar-refractivity contribution in [2.75, 3.05) is 17.1 Å². The summed E-state index contributed by atoms with van der Waals surface area (Å²) >= 11 is 1.05. The second-order valence-electron chi connectivity index (χ2n) is 3.65. The van der Waals surface area contributed by atoms with Gasteiger partial charge in [0, 0.05) is 18.1 Å². The molecule has 0 amide bonds. The molecule has 2 N–H and O–H groups in total. The van der Waals surface area contributed by atoms with E-state index >= 15 is 0 Å². The highest BCUT2D eigenvalue weighted by molar-refractivity contribution is 7.94. The Balaban J connectivity index is 2.39. The van der Waals surface area contributed by atoms with E-state index in [1.807, 2.05) is 0 Å². The topological polar surface area (TPSA) is 63.4 Å². The summed E-state index contributed by atoms with van der Waals surface area (Å²) in [6.07, 6.45) is 0. The molecule has 0 radical (unpaired) electrons. The zero-order valence-corrected chi connectivity index (χ0v) is 11.1. The Morgan fingerprint density at radius 2 is 1.89 bits per heavy atom. The van der Waals surface area contributed by atoms with Gasteiger partial charge in [0.1, 0.15) is 10.0 Å². The van der Waals surface area contributed by atoms with Crippen molar-refractivity contribution in [3.8, 4) is 0 Å². The Morgan fingerprint density at radius 1 is 1.28 bits per heavy atom. The highest BCUT2D eigenvalue weighted by Gasteiger charge is 2.22. The smallest absolute Gasteiger partial charge is 0.273 e.